The fraction of sp³-hybridized carbons (Fsp3) is 0. The number of carbonyl (C=O) groups excluding carboxylic acids is 1. The third kappa shape index (κ3) is 3.90. The topological polar surface area (TPSA) is 85.4 Å². The zero-order valence-electron chi connectivity index (χ0n) is 12.8. The summed E-state index contributed by atoms with van der Waals surface area (Å²) >= 11 is 15.1. The van der Waals surface area contributed by atoms with E-state index in [4.69, 9.17) is 27.6 Å². The molecule has 3 rings (SSSR count). The van der Waals surface area contributed by atoms with Gasteiger partial charge in [-0.2, -0.15) is 0 Å². The molecule has 132 valence electrons. The van der Waals surface area contributed by atoms with Crippen molar-refractivity contribution in [3.05, 3.63) is 78.9 Å². The monoisotopic (exact) mass is 454 g/mol. The molecular formula is C17H9BrCl2N2O4. The Balaban J connectivity index is 1.83. The number of halogens is 3. The van der Waals surface area contributed by atoms with Crippen molar-refractivity contribution in [2.45, 2.75) is 0 Å². The van der Waals surface area contributed by atoms with Gasteiger partial charge < -0.3 is 9.73 Å². The van der Waals surface area contributed by atoms with Crippen molar-refractivity contribution in [2.75, 3.05) is 5.32 Å². The second-order valence-corrected chi connectivity index (χ2v) is 6.84. The maximum atomic E-state index is 12.3. The van der Waals surface area contributed by atoms with E-state index in [2.05, 4.69) is 21.2 Å². The molecular weight excluding hydrogens is 447 g/mol. The Kier molecular flexibility index (Phi) is 5.31. The third-order valence-electron chi connectivity index (χ3n) is 3.43. The summed E-state index contributed by atoms with van der Waals surface area (Å²) in [5.41, 5.74) is 0.700. The zero-order valence-corrected chi connectivity index (χ0v) is 15.9. The molecule has 0 fully saturated rings. The number of hydrogen-bond donors (Lipinski definition) is 1. The summed E-state index contributed by atoms with van der Waals surface area (Å²) in [6.07, 6.45) is 0. The average Bonchev–Trinajstić information content (AvgIpc) is 3.08. The minimum Gasteiger partial charge on any atom is -0.451 e. The molecule has 0 saturated carbocycles. The minimum absolute atomic E-state index is 0.0235. The van der Waals surface area contributed by atoms with Gasteiger partial charge in [0, 0.05) is 21.8 Å². The van der Waals surface area contributed by atoms with Crippen molar-refractivity contribution in [2.24, 2.45) is 0 Å². The number of nitrogens with zero attached hydrogens (tertiary/aromatic N) is 1. The molecule has 1 N–H and O–H groups in total. The third-order valence-corrected chi connectivity index (χ3v) is 4.99. The molecule has 0 bridgehead atoms. The highest BCUT2D eigenvalue weighted by Gasteiger charge is 2.17. The molecule has 0 aliphatic heterocycles. The van der Waals surface area contributed by atoms with Crippen molar-refractivity contribution in [1.82, 2.24) is 0 Å². The maximum Gasteiger partial charge on any atom is 0.291 e. The van der Waals surface area contributed by atoms with Crippen LogP contribution in [-0.4, -0.2) is 10.8 Å². The van der Waals surface area contributed by atoms with Gasteiger partial charge in [0.25, 0.3) is 11.6 Å². The number of nitro groups is 1. The van der Waals surface area contributed by atoms with E-state index < -0.39 is 10.8 Å². The second kappa shape index (κ2) is 7.49. The second-order valence-electron chi connectivity index (χ2n) is 5.17. The summed E-state index contributed by atoms with van der Waals surface area (Å²) in [5.74, 6) is -0.112. The molecule has 9 heteroatoms. The minimum atomic E-state index is -0.584. The van der Waals surface area contributed by atoms with Crippen LogP contribution in [0.2, 0.25) is 10.0 Å². The van der Waals surface area contributed by atoms with Crippen LogP contribution < -0.4 is 5.32 Å². The van der Waals surface area contributed by atoms with Gasteiger partial charge in [-0.1, -0.05) is 23.2 Å². The first kappa shape index (κ1) is 18.4. The molecule has 0 radical (unpaired) electrons. The standard InChI is InChI=1S/C17H9BrCl2N2O4/c18-11-3-2-10(8-13(11)20)21-17(23)16-6-5-15(26-16)9-1-4-12(19)14(7-9)22(24)25/h1-8H,(H,21,23). The number of carbonyl (C=O) groups is 1. The first-order chi connectivity index (χ1) is 12.3. The van der Waals surface area contributed by atoms with E-state index in [1.165, 1.54) is 18.2 Å². The van der Waals surface area contributed by atoms with Crippen molar-refractivity contribution >= 4 is 56.4 Å². The number of amides is 1. The molecule has 6 nitrogen and oxygen atoms in total. The van der Waals surface area contributed by atoms with Crippen LogP contribution >= 0.6 is 39.1 Å². The SMILES string of the molecule is O=C(Nc1ccc(Br)c(Cl)c1)c1ccc(-c2ccc(Cl)c([N+](=O)[O-])c2)o1. The van der Waals surface area contributed by atoms with E-state index in [9.17, 15) is 14.9 Å². The molecule has 0 spiro atoms. The zero-order chi connectivity index (χ0) is 18.8. The van der Waals surface area contributed by atoms with Gasteiger partial charge in [-0.05, 0) is 58.4 Å². The lowest BCUT2D eigenvalue weighted by Gasteiger charge is -2.05. The van der Waals surface area contributed by atoms with Crippen molar-refractivity contribution in [1.29, 1.82) is 0 Å². The van der Waals surface area contributed by atoms with E-state index in [-0.39, 0.29) is 16.5 Å². The maximum absolute atomic E-state index is 12.3. The Morgan fingerprint density at radius 1 is 1.08 bits per heavy atom. The number of anilines is 1. The molecule has 0 atom stereocenters. The summed E-state index contributed by atoms with van der Waals surface area (Å²) in [7, 11) is 0. The molecule has 0 saturated heterocycles. The summed E-state index contributed by atoms with van der Waals surface area (Å²) in [6, 6.07) is 12.3. The van der Waals surface area contributed by atoms with Gasteiger partial charge in [-0.25, -0.2) is 0 Å². The van der Waals surface area contributed by atoms with E-state index >= 15 is 0 Å². The highest BCUT2D eigenvalue weighted by atomic mass is 79.9. The van der Waals surface area contributed by atoms with Crippen LogP contribution in [0.15, 0.2) is 57.4 Å². The van der Waals surface area contributed by atoms with E-state index in [0.29, 0.717) is 26.5 Å². The summed E-state index contributed by atoms with van der Waals surface area (Å²) in [4.78, 5) is 22.7. The molecule has 2 aromatic carbocycles. The van der Waals surface area contributed by atoms with Crippen molar-refractivity contribution in [3.8, 4) is 11.3 Å². The number of hydrogen-bond acceptors (Lipinski definition) is 4. The molecule has 3 aromatic rings. The number of furan rings is 1. The first-order valence-corrected chi connectivity index (χ1v) is 8.70. The van der Waals surface area contributed by atoms with Crippen LogP contribution in [0.4, 0.5) is 11.4 Å². The number of rotatable bonds is 4. The van der Waals surface area contributed by atoms with Gasteiger partial charge in [0.05, 0.1) is 9.95 Å². The largest absolute Gasteiger partial charge is 0.451 e. The van der Waals surface area contributed by atoms with Gasteiger partial charge in [0.2, 0.25) is 0 Å². The lowest BCUT2D eigenvalue weighted by molar-refractivity contribution is -0.384. The molecule has 0 unspecified atom stereocenters. The van der Waals surface area contributed by atoms with Gasteiger partial charge in [-0.3, -0.25) is 14.9 Å². The smallest absolute Gasteiger partial charge is 0.291 e. The predicted molar refractivity (Wildman–Crippen MR) is 103 cm³/mol. The molecule has 1 aromatic heterocycles. The van der Waals surface area contributed by atoms with Crippen LogP contribution in [0.1, 0.15) is 10.6 Å². The van der Waals surface area contributed by atoms with Crippen LogP contribution in [0.25, 0.3) is 11.3 Å². The Morgan fingerprint density at radius 3 is 2.54 bits per heavy atom. The molecule has 1 heterocycles. The van der Waals surface area contributed by atoms with Crippen LogP contribution in [0.5, 0.6) is 0 Å². The van der Waals surface area contributed by atoms with Gasteiger partial charge in [0.15, 0.2) is 5.76 Å². The average molecular weight is 456 g/mol. The number of benzene rings is 2. The Labute approximate surface area is 166 Å². The number of nitrogens with one attached hydrogen (secondary N) is 1. The molecule has 0 aliphatic carbocycles. The fourth-order valence-corrected chi connectivity index (χ4v) is 2.80. The van der Waals surface area contributed by atoms with Gasteiger partial charge in [0.1, 0.15) is 10.8 Å². The highest BCUT2D eigenvalue weighted by molar-refractivity contribution is 9.10. The summed E-state index contributed by atoms with van der Waals surface area (Å²) in [5, 5.41) is 14.1. The van der Waals surface area contributed by atoms with E-state index in [1.807, 2.05) is 0 Å². The highest BCUT2D eigenvalue weighted by Crippen LogP contribution is 2.31. The van der Waals surface area contributed by atoms with Crippen LogP contribution in [0, 0.1) is 10.1 Å². The molecule has 0 aliphatic rings. The van der Waals surface area contributed by atoms with Gasteiger partial charge >= 0.3 is 0 Å². The van der Waals surface area contributed by atoms with Gasteiger partial charge in [-0.15, -0.1) is 0 Å². The Morgan fingerprint density at radius 2 is 1.85 bits per heavy atom. The summed E-state index contributed by atoms with van der Waals surface area (Å²) in [6.45, 7) is 0. The molecule has 26 heavy (non-hydrogen) atoms. The fourth-order valence-electron chi connectivity index (χ4n) is 2.19. The summed E-state index contributed by atoms with van der Waals surface area (Å²) < 4.78 is 6.22. The number of nitro benzene ring substituents is 1. The Hall–Kier alpha value is -2.35. The van der Waals surface area contributed by atoms with Crippen LogP contribution in [-0.2, 0) is 0 Å². The quantitative estimate of drug-likeness (QED) is 0.376. The lowest BCUT2D eigenvalue weighted by atomic mass is 10.1. The first-order valence-electron chi connectivity index (χ1n) is 7.15. The predicted octanol–water partition coefficient (Wildman–Crippen LogP) is 6.18. The lowest BCUT2D eigenvalue weighted by Crippen LogP contribution is -2.10. The van der Waals surface area contributed by atoms with E-state index in [1.54, 1.807) is 30.3 Å². The normalized spacial score (nSPS) is 10.6. The van der Waals surface area contributed by atoms with Crippen LogP contribution in [0.3, 0.4) is 0 Å². The Bertz CT molecular complexity index is 1020. The van der Waals surface area contributed by atoms with Crippen molar-refractivity contribution in [3.63, 3.8) is 0 Å². The van der Waals surface area contributed by atoms with E-state index in [0.717, 1.165) is 0 Å². The van der Waals surface area contributed by atoms with Crippen molar-refractivity contribution < 1.29 is 14.1 Å². The molecule has 1 amide bonds.